The molecule has 0 saturated carbocycles. The van der Waals surface area contributed by atoms with Crippen molar-refractivity contribution in [3.8, 4) is 0 Å². The Labute approximate surface area is 119 Å². The van der Waals surface area contributed by atoms with Crippen LogP contribution in [0, 0.1) is 12.3 Å². The van der Waals surface area contributed by atoms with Crippen molar-refractivity contribution in [2.24, 2.45) is 5.41 Å². The molecule has 1 aromatic rings. The van der Waals surface area contributed by atoms with Gasteiger partial charge in [0.1, 0.15) is 5.82 Å². The fraction of sp³-hybridized carbons (Fsp3) is 0.538. The molecule has 0 aromatic carbocycles. The number of aromatic nitrogens is 1. The molecule has 0 aliphatic carbocycles. The van der Waals surface area contributed by atoms with E-state index in [9.17, 15) is 4.79 Å². The number of hydrogen-bond donors (Lipinski definition) is 2. The van der Waals surface area contributed by atoms with Gasteiger partial charge < -0.3 is 15.4 Å². The predicted octanol–water partition coefficient (Wildman–Crippen LogP) is 1.38. The SMILES string of the molecule is COCC1(C(=O)Nc2cc(C)ccn2)CCNC1.Cl. The molecule has 1 unspecified atom stereocenters. The van der Waals surface area contributed by atoms with Gasteiger partial charge in [-0.15, -0.1) is 12.4 Å². The molecule has 106 valence electrons. The smallest absolute Gasteiger partial charge is 0.235 e. The first kappa shape index (κ1) is 15.9. The number of methoxy groups -OCH3 is 1. The van der Waals surface area contributed by atoms with Gasteiger partial charge in [-0.2, -0.15) is 0 Å². The molecular formula is C13H20ClN3O2. The van der Waals surface area contributed by atoms with E-state index in [-0.39, 0.29) is 18.3 Å². The monoisotopic (exact) mass is 285 g/mol. The molecule has 1 amide bonds. The molecule has 0 radical (unpaired) electrons. The number of nitrogens with one attached hydrogen (secondary N) is 2. The maximum atomic E-state index is 12.4. The summed E-state index contributed by atoms with van der Waals surface area (Å²) in [5.74, 6) is 0.579. The van der Waals surface area contributed by atoms with Crippen molar-refractivity contribution in [3.63, 3.8) is 0 Å². The van der Waals surface area contributed by atoms with E-state index in [4.69, 9.17) is 4.74 Å². The predicted molar refractivity (Wildman–Crippen MR) is 76.6 cm³/mol. The Bertz CT molecular complexity index is 434. The van der Waals surface area contributed by atoms with Crippen molar-refractivity contribution in [2.75, 3.05) is 32.1 Å². The number of ether oxygens (including phenoxy) is 1. The van der Waals surface area contributed by atoms with Crippen molar-refractivity contribution in [3.05, 3.63) is 23.9 Å². The summed E-state index contributed by atoms with van der Waals surface area (Å²) >= 11 is 0. The van der Waals surface area contributed by atoms with Crippen molar-refractivity contribution < 1.29 is 9.53 Å². The van der Waals surface area contributed by atoms with Crippen LogP contribution in [0.1, 0.15) is 12.0 Å². The normalized spacial score (nSPS) is 21.8. The van der Waals surface area contributed by atoms with Crippen LogP contribution in [0.5, 0.6) is 0 Å². The average Bonchev–Trinajstić information content (AvgIpc) is 2.79. The zero-order valence-corrected chi connectivity index (χ0v) is 12.0. The average molecular weight is 286 g/mol. The summed E-state index contributed by atoms with van der Waals surface area (Å²) in [5, 5.41) is 6.10. The number of halogens is 1. The molecule has 5 nitrogen and oxygen atoms in total. The molecule has 1 aromatic heterocycles. The summed E-state index contributed by atoms with van der Waals surface area (Å²) in [5.41, 5.74) is 0.603. The number of amides is 1. The number of hydrogen-bond acceptors (Lipinski definition) is 4. The van der Waals surface area contributed by atoms with Gasteiger partial charge in [0.25, 0.3) is 0 Å². The summed E-state index contributed by atoms with van der Waals surface area (Å²) in [4.78, 5) is 16.5. The number of carbonyl (C=O) groups excluding carboxylic acids is 1. The van der Waals surface area contributed by atoms with E-state index >= 15 is 0 Å². The Morgan fingerprint density at radius 1 is 1.63 bits per heavy atom. The molecule has 1 fully saturated rings. The van der Waals surface area contributed by atoms with E-state index in [1.54, 1.807) is 13.3 Å². The zero-order chi connectivity index (χ0) is 13.0. The minimum Gasteiger partial charge on any atom is -0.384 e. The van der Waals surface area contributed by atoms with Crippen LogP contribution in [0.2, 0.25) is 0 Å². The Morgan fingerprint density at radius 3 is 3.00 bits per heavy atom. The molecule has 1 aliphatic heterocycles. The molecule has 6 heteroatoms. The Morgan fingerprint density at radius 2 is 2.42 bits per heavy atom. The van der Waals surface area contributed by atoms with Gasteiger partial charge in [-0.05, 0) is 37.6 Å². The number of nitrogens with zero attached hydrogens (tertiary/aromatic N) is 1. The zero-order valence-electron chi connectivity index (χ0n) is 11.2. The number of rotatable bonds is 4. The van der Waals surface area contributed by atoms with Crippen LogP contribution in [-0.2, 0) is 9.53 Å². The second kappa shape index (κ2) is 6.84. The Hall–Kier alpha value is -1.17. The van der Waals surface area contributed by atoms with Gasteiger partial charge in [0.2, 0.25) is 5.91 Å². The van der Waals surface area contributed by atoms with Crippen LogP contribution in [0.4, 0.5) is 5.82 Å². The first-order chi connectivity index (χ1) is 8.66. The van der Waals surface area contributed by atoms with Gasteiger partial charge in [-0.1, -0.05) is 0 Å². The maximum absolute atomic E-state index is 12.4. The van der Waals surface area contributed by atoms with Crippen LogP contribution >= 0.6 is 12.4 Å². The highest BCUT2D eigenvalue weighted by atomic mass is 35.5. The van der Waals surface area contributed by atoms with E-state index in [0.29, 0.717) is 19.0 Å². The number of anilines is 1. The minimum atomic E-state index is -0.472. The summed E-state index contributed by atoms with van der Waals surface area (Å²) in [6.07, 6.45) is 2.49. The van der Waals surface area contributed by atoms with Gasteiger partial charge in [-0.3, -0.25) is 4.79 Å². The second-order valence-electron chi connectivity index (χ2n) is 4.81. The van der Waals surface area contributed by atoms with Crippen LogP contribution in [0.25, 0.3) is 0 Å². The number of aryl methyl sites for hydroxylation is 1. The molecule has 1 aliphatic rings. The summed E-state index contributed by atoms with van der Waals surface area (Å²) in [6, 6.07) is 3.76. The van der Waals surface area contributed by atoms with Gasteiger partial charge in [0.15, 0.2) is 0 Å². The quantitative estimate of drug-likeness (QED) is 0.877. The highest BCUT2D eigenvalue weighted by molar-refractivity contribution is 5.95. The molecule has 2 heterocycles. The minimum absolute atomic E-state index is 0. The Kier molecular flexibility index (Phi) is 5.72. The lowest BCUT2D eigenvalue weighted by molar-refractivity contribution is -0.127. The van der Waals surface area contributed by atoms with Crippen molar-refractivity contribution in [1.29, 1.82) is 0 Å². The van der Waals surface area contributed by atoms with Gasteiger partial charge >= 0.3 is 0 Å². The lowest BCUT2D eigenvalue weighted by Crippen LogP contribution is -2.42. The summed E-state index contributed by atoms with van der Waals surface area (Å²) < 4.78 is 5.19. The maximum Gasteiger partial charge on any atom is 0.235 e. The number of carbonyl (C=O) groups is 1. The van der Waals surface area contributed by atoms with Gasteiger partial charge in [-0.25, -0.2) is 4.98 Å². The van der Waals surface area contributed by atoms with Crippen molar-refractivity contribution >= 4 is 24.1 Å². The molecule has 2 rings (SSSR count). The topological polar surface area (TPSA) is 63.2 Å². The third-order valence-corrected chi connectivity index (χ3v) is 3.30. The van der Waals surface area contributed by atoms with Gasteiger partial charge in [0.05, 0.1) is 12.0 Å². The molecule has 0 bridgehead atoms. The molecule has 1 atom stereocenters. The van der Waals surface area contributed by atoms with Crippen molar-refractivity contribution in [2.45, 2.75) is 13.3 Å². The molecule has 0 spiro atoms. The second-order valence-corrected chi connectivity index (χ2v) is 4.81. The van der Waals surface area contributed by atoms with E-state index < -0.39 is 5.41 Å². The van der Waals surface area contributed by atoms with E-state index in [0.717, 1.165) is 18.5 Å². The molecule has 1 saturated heterocycles. The van der Waals surface area contributed by atoms with E-state index in [2.05, 4.69) is 15.6 Å². The van der Waals surface area contributed by atoms with Crippen LogP contribution < -0.4 is 10.6 Å². The fourth-order valence-electron chi connectivity index (χ4n) is 2.26. The molecule has 19 heavy (non-hydrogen) atoms. The lowest BCUT2D eigenvalue weighted by atomic mass is 9.87. The highest BCUT2D eigenvalue weighted by Gasteiger charge is 2.41. The summed E-state index contributed by atoms with van der Waals surface area (Å²) in [6.45, 7) is 3.90. The van der Waals surface area contributed by atoms with Gasteiger partial charge in [0, 0.05) is 19.9 Å². The largest absolute Gasteiger partial charge is 0.384 e. The highest BCUT2D eigenvalue weighted by Crippen LogP contribution is 2.27. The first-order valence-corrected chi connectivity index (χ1v) is 6.10. The third-order valence-electron chi connectivity index (χ3n) is 3.30. The third kappa shape index (κ3) is 3.65. The fourth-order valence-corrected chi connectivity index (χ4v) is 2.26. The van der Waals surface area contributed by atoms with Crippen molar-refractivity contribution in [1.82, 2.24) is 10.3 Å². The standard InChI is InChI=1S/C13H19N3O2.ClH/c1-10-3-5-15-11(7-10)16-12(17)13(9-18-2)4-6-14-8-13;/h3,5,7,14H,4,6,8-9H2,1-2H3,(H,15,16,17);1H. The molecular weight excluding hydrogens is 266 g/mol. The van der Waals surface area contributed by atoms with Crippen LogP contribution in [-0.4, -0.2) is 37.7 Å². The molecule has 2 N–H and O–H groups in total. The lowest BCUT2D eigenvalue weighted by Gasteiger charge is -2.25. The van der Waals surface area contributed by atoms with E-state index in [1.165, 1.54) is 0 Å². The summed E-state index contributed by atoms with van der Waals surface area (Å²) in [7, 11) is 1.62. The Balaban J connectivity index is 0.00000180. The van der Waals surface area contributed by atoms with Crippen LogP contribution in [0.15, 0.2) is 18.3 Å². The first-order valence-electron chi connectivity index (χ1n) is 6.10. The number of pyridine rings is 1. The van der Waals surface area contributed by atoms with Crippen LogP contribution in [0.3, 0.4) is 0 Å². The van der Waals surface area contributed by atoms with E-state index in [1.807, 2.05) is 19.1 Å².